The van der Waals surface area contributed by atoms with Gasteiger partial charge in [0.1, 0.15) is 5.82 Å². The number of benzene rings is 1. The Morgan fingerprint density at radius 3 is 2.71 bits per heavy atom. The minimum absolute atomic E-state index is 0.405. The van der Waals surface area contributed by atoms with Gasteiger partial charge in [-0.1, -0.05) is 6.58 Å². The number of aryl methyl sites for hydroxylation is 1. The molecule has 0 unspecified atom stereocenters. The number of aromatic nitrogens is 4. The lowest BCUT2D eigenvalue weighted by Gasteiger charge is -2.06. The number of nitrogens with zero attached hydrogens (tertiary/aromatic N) is 4. The Hall–Kier alpha value is -2.63. The van der Waals surface area contributed by atoms with E-state index in [1.165, 1.54) is 0 Å². The van der Waals surface area contributed by atoms with E-state index < -0.39 is 11.6 Å². The summed E-state index contributed by atoms with van der Waals surface area (Å²) in [7, 11) is 0. The molecule has 21 heavy (non-hydrogen) atoms. The zero-order chi connectivity index (χ0) is 15.0. The number of halogens is 2. The van der Waals surface area contributed by atoms with Crippen LogP contribution in [0.3, 0.4) is 0 Å². The maximum absolute atomic E-state index is 13.4. The van der Waals surface area contributed by atoms with Crippen molar-refractivity contribution in [2.24, 2.45) is 0 Å². The molecule has 0 saturated heterocycles. The summed E-state index contributed by atoms with van der Waals surface area (Å²) in [5.74, 6) is -1.20. The van der Waals surface area contributed by atoms with Crippen molar-refractivity contribution in [2.75, 3.05) is 0 Å². The first-order chi connectivity index (χ1) is 10.1. The van der Waals surface area contributed by atoms with Crippen LogP contribution in [0.4, 0.5) is 8.78 Å². The molecule has 0 aliphatic heterocycles. The summed E-state index contributed by atoms with van der Waals surface area (Å²) in [6.45, 7) is 6.13. The first-order valence-corrected chi connectivity index (χ1v) is 6.45. The maximum Gasteiger partial charge on any atom is 0.161 e. The molecule has 0 aliphatic rings. The van der Waals surface area contributed by atoms with Gasteiger partial charge in [0, 0.05) is 24.2 Å². The molecule has 2 heterocycles. The molecule has 3 aromatic rings. The quantitative estimate of drug-likeness (QED) is 0.741. The minimum Gasteiger partial charge on any atom is -0.324 e. The molecule has 0 saturated carbocycles. The molecule has 6 heteroatoms. The van der Waals surface area contributed by atoms with E-state index in [-0.39, 0.29) is 0 Å². The fourth-order valence-corrected chi connectivity index (χ4v) is 2.27. The van der Waals surface area contributed by atoms with Crippen molar-refractivity contribution in [1.29, 1.82) is 0 Å². The SMILES string of the molecule is C=Cc1cc(-c2nc3cc(F)c(F)cc3n2CC)cnn1. The van der Waals surface area contributed by atoms with Gasteiger partial charge in [-0.3, -0.25) is 0 Å². The van der Waals surface area contributed by atoms with Crippen molar-refractivity contribution in [1.82, 2.24) is 19.7 Å². The molecule has 0 N–H and O–H groups in total. The standard InChI is InChI=1S/C15H12F2N4/c1-3-10-5-9(8-18-20-10)15-19-13-6-11(16)12(17)7-14(13)21(15)4-2/h3,5-8H,1,4H2,2H3. The minimum atomic E-state index is -0.908. The zero-order valence-electron chi connectivity index (χ0n) is 11.3. The van der Waals surface area contributed by atoms with E-state index in [0.29, 0.717) is 29.1 Å². The van der Waals surface area contributed by atoms with Crippen LogP contribution in [0.5, 0.6) is 0 Å². The molecule has 0 amide bonds. The van der Waals surface area contributed by atoms with Crippen molar-refractivity contribution in [3.63, 3.8) is 0 Å². The van der Waals surface area contributed by atoms with Gasteiger partial charge in [0.2, 0.25) is 0 Å². The fraction of sp³-hybridized carbons (Fsp3) is 0.133. The van der Waals surface area contributed by atoms with Gasteiger partial charge >= 0.3 is 0 Å². The average Bonchev–Trinajstić information content (AvgIpc) is 2.85. The van der Waals surface area contributed by atoms with Gasteiger partial charge in [0.05, 0.1) is 22.9 Å². The van der Waals surface area contributed by atoms with Gasteiger partial charge in [0.25, 0.3) is 0 Å². The molecular weight excluding hydrogens is 274 g/mol. The highest BCUT2D eigenvalue weighted by Crippen LogP contribution is 2.26. The largest absolute Gasteiger partial charge is 0.324 e. The van der Waals surface area contributed by atoms with Crippen molar-refractivity contribution in [3.8, 4) is 11.4 Å². The summed E-state index contributed by atoms with van der Waals surface area (Å²) in [4.78, 5) is 4.39. The second-order valence-corrected chi connectivity index (χ2v) is 4.51. The predicted molar refractivity (Wildman–Crippen MR) is 76.4 cm³/mol. The Labute approximate surface area is 119 Å². The number of fused-ring (bicyclic) bond motifs is 1. The fourth-order valence-electron chi connectivity index (χ4n) is 2.27. The van der Waals surface area contributed by atoms with E-state index in [2.05, 4.69) is 21.8 Å². The lowest BCUT2D eigenvalue weighted by molar-refractivity contribution is 0.510. The highest BCUT2D eigenvalue weighted by atomic mass is 19.2. The van der Waals surface area contributed by atoms with Crippen LogP contribution in [0.25, 0.3) is 28.5 Å². The van der Waals surface area contributed by atoms with Crippen molar-refractivity contribution < 1.29 is 8.78 Å². The maximum atomic E-state index is 13.4. The summed E-state index contributed by atoms with van der Waals surface area (Å²) < 4.78 is 28.6. The van der Waals surface area contributed by atoms with E-state index in [4.69, 9.17) is 0 Å². The molecule has 4 nitrogen and oxygen atoms in total. The lowest BCUT2D eigenvalue weighted by Crippen LogP contribution is -1.99. The van der Waals surface area contributed by atoms with E-state index in [9.17, 15) is 8.78 Å². The molecule has 0 bridgehead atoms. The molecule has 106 valence electrons. The van der Waals surface area contributed by atoms with Crippen LogP contribution in [-0.4, -0.2) is 19.7 Å². The second-order valence-electron chi connectivity index (χ2n) is 4.51. The van der Waals surface area contributed by atoms with Crippen LogP contribution >= 0.6 is 0 Å². The molecule has 0 radical (unpaired) electrons. The molecule has 0 atom stereocenters. The molecule has 0 aliphatic carbocycles. The van der Waals surface area contributed by atoms with Crippen molar-refractivity contribution >= 4 is 17.1 Å². The van der Waals surface area contributed by atoms with E-state index in [1.807, 2.05) is 11.5 Å². The summed E-state index contributed by atoms with van der Waals surface area (Å²) in [6, 6.07) is 4.04. The highest BCUT2D eigenvalue weighted by molar-refractivity contribution is 5.81. The van der Waals surface area contributed by atoms with Gasteiger partial charge in [-0.05, 0) is 19.1 Å². The molecule has 0 spiro atoms. The Bertz CT molecular complexity index is 839. The van der Waals surface area contributed by atoms with Crippen LogP contribution < -0.4 is 0 Å². The van der Waals surface area contributed by atoms with Gasteiger partial charge in [-0.25, -0.2) is 13.8 Å². The van der Waals surface area contributed by atoms with Crippen LogP contribution in [-0.2, 0) is 6.54 Å². The number of imidazole rings is 1. The monoisotopic (exact) mass is 286 g/mol. The molecule has 3 rings (SSSR count). The average molecular weight is 286 g/mol. The van der Waals surface area contributed by atoms with Crippen molar-refractivity contribution in [3.05, 3.63) is 48.3 Å². The van der Waals surface area contributed by atoms with Gasteiger partial charge in [0.15, 0.2) is 11.6 Å². The Morgan fingerprint density at radius 2 is 2.00 bits per heavy atom. The van der Waals surface area contributed by atoms with Crippen molar-refractivity contribution in [2.45, 2.75) is 13.5 Å². The van der Waals surface area contributed by atoms with E-state index >= 15 is 0 Å². The normalized spacial score (nSPS) is 11.0. The third-order valence-corrected chi connectivity index (χ3v) is 3.25. The van der Waals surface area contributed by atoms with E-state index in [0.717, 1.165) is 17.7 Å². The van der Waals surface area contributed by atoms with Crippen LogP contribution in [0.2, 0.25) is 0 Å². The summed E-state index contributed by atoms with van der Waals surface area (Å²) in [6.07, 6.45) is 3.14. The molecular formula is C15H12F2N4. The molecule has 1 aromatic carbocycles. The molecule has 2 aromatic heterocycles. The second kappa shape index (κ2) is 5.05. The van der Waals surface area contributed by atoms with Crippen LogP contribution in [0, 0.1) is 11.6 Å². The molecule has 0 fully saturated rings. The summed E-state index contributed by atoms with van der Waals surface area (Å²) >= 11 is 0. The smallest absolute Gasteiger partial charge is 0.161 e. The van der Waals surface area contributed by atoms with Gasteiger partial charge < -0.3 is 4.57 Å². The van der Waals surface area contributed by atoms with E-state index in [1.54, 1.807) is 18.3 Å². The van der Waals surface area contributed by atoms with Crippen LogP contribution in [0.1, 0.15) is 12.6 Å². The third-order valence-electron chi connectivity index (χ3n) is 3.25. The zero-order valence-corrected chi connectivity index (χ0v) is 11.3. The Balaban J connectivity index is 2.28. The Morgan fingerprint density at radius 1 is 1.24 bits per heavy atom. The predicted octanol–water partition coefficient (Wildman–Crippen LogP) is 3.43. The number of hydrogen-bond acceptors (Lipinski definition) is 3. The van der Waals surface area contributed by atoms with Gasteiger partial charge in [-0.15, -0.1) is 0 Å². The lowest BCUT2D eigenvalue weighted by atomic mass is 10.2. The number of rotatable bonds is 3. The number of hydrogen-bond donors (Lipinski definition) is 0. The summed E-state index contributed by atoms with van der Waals surface area (Å²) in [5, 5.41) is 7.79. The van der Waals surface area contributed by atoms with Gasteiger partial charge in [-0.2, -0.15) is 10.2 Å². The first kappa shape index (κ1) is 13.4. The highest BCUT2D eigenvalue weighted by Gasteiger charge is 2.15. The first-order valence-electron chi connectivity index (χ1n) is 6.45. The topological polar surface area (TPSA) is 43.6 Å². The van der Waals surface area contributed by atoms with Crippen LogP contribution in [0.15, 0.2) is 31.0 Å². The summed E-state index contributed by atoms with van der Waals surface area (Å²) in [5.41, 5.74) is 2.28. The third kappa shape index (κ3) is 2.18. The Kier molecular flexibility index (Phi) is 3.21.